The number of benzene rings is 2. The van der Waals surface area contributed by atoms with Crippen LogP contribution in [0.15, 0.2) is 71.8 Å². The summed E-state index contributed by atoms with van der Waals surface area (Å²) in [4.78, 5) is 4.46. The average Bonchev–Trinajstić information content (AvgIpc) is 2.64. The summed E-state index contributed by atoms with van der Waals surface area (Å²) in [5, 5.41) is 3.17. The van der Waals surface area contributed by atoms with Crippen molar-refractivity contribution in [3.63, 3.8) is 0 Å². The smallest absolute Gasteiger partial charge is 0.261 e. The second kappa shape index (κ2) is 7.45. The molecule has 0 radical (unpaired) electrons. The van der Waals surface area contributed by atoms with Crippen molar-refractivity contribution in [1.29, 1.82) is 0 Å². The molecule has 0 saturated heterocycles. The van der Waals surface area contributed by atoms with Crippen molar-refractivity contribution < 1.29 is 13.2 Å². The summed E-state index contributed by atoms with van der Waals surface area (Å²) in [6.45, 7) is 1.99. The number of rotatable bonds is 6. The predicted molar refractivity (Wildman–Crippen MR) is 103 cm³/mol. The van der Waals surface area contributed by atoms with Gasteiger partial charge in [-0.15, -0.1) is 0 Å². The van der Waals surface area contributed by atoms with Gasteiger partial charge in [0.25, 0.3) is 10.0 Å². The first-order valence-electron chi connectivity index (χ1n) is 7.93. The standard InChI is InChI=1S/C19H19N3O3S/c1-14-8-10-18(25-2)17(12-14)21-19-11-9-15(13-20-19)22-26(23,24)16-6-4-3-5-7-16/h3-13,22H,1-2H3,(H,20,21). The Kier molecular flexibility index (Phi) is 5.09. The number of pyridine rings is 1. The number of anilines is 3. The molecule has 0 bridgehead atoms. The normalized spacial score (nSPS) is 11.0. The van der Waals surface area contributed by atoms with Crippen molar-refractivity contribution in [3.8, 4) is 5.75 Å². The lowest BCUT2D eigenvalue weighted by atomic mass is 10.2. The fraction of sp³-hybridized carbons (Fsp3) is 0.105. The van der Waals surface area contributed by atoms with Gasteiger partial charge in [-0.05, 0) is 48.9 Å². The van der Waals surface area contributed by atoms with Crippen LogP contribution in [0.5, 0.6) is 5.75 Å². The molecule has 3 aromatic rings. The number of hydrogen-bond acceptors (Lipinski definition) is 5. The lowest BCUT2D eigenvalue weighted by Gasteiger charge is -2.12. The third kappa shape index (κ3) is 4.12. The first-order valence-corrected chi connectivity index (χ1v) is 9.42. The summed E-state index contributed by atoms with van der Waals surface area (Å²) in [5.74, 6) is 1.28. The van der Waals surface area contributed by atoms with Gasteiger partial charge in [-0.25, -0.2) is 13.4 Å². The minimum atomic E-state index is -3.63. The summed E-state index contributed by atoms with van der Waals surface area (Å²) in [7, 11) is -2.03. The zero-order chi connectivity index (χ0) is 18.6. The first kappa shape index (κ1) is 17.8. The quantitative estimate of drug-likeness (QED) is 0.688. The molecule has 0 aliphatic rings. The van der Waals surface area contributed by atoms with Crippen LogP contribution in [0.2, 0.25) is 0 Å². The Balaban J connectivity index is 1.76. The molecule has 0 aliphatic heterocycles. The Morgan fingerprint density at radius 2 is 1.77 bits per heavy atom. The van der Waals surface area contributed by atoms with Crippen molar-refractivity contribution in [2.24, 2.45) is 0 Å². The topological polar surface area (TPSA) is 80.3 Å². The summed E-state index contributed by atoms with van der Waals surface area (Å²) in [5.41, 5.74) is 2.26. The van der Waals surface area contributed by atoms with E-state index in [1.54, 1.807) is 37.4 Å². The number of aromatic nitrogens is 1. The molecule has 134 valence electrons. The van der Waals surface area contributed by atoms with Gasteiger partial charge >= 0.3 is 0 Å². The van der Waals surface area contributed by atoms with Gasteiger partial charge in [0.2, 0.25) is 0 Å². The van der Waals surface area contributed by atoms with Crippen molar-refractivity contribution in [3.05, 3.63) is 72.4 Å². The van der Waals surface area contributed by atoms with Crippen LogP contribution in [0.1, 0.15) is 5.56 Å². The number of ether oxygens (including phenoxy) is 1. The Labute approximate surface area is 152 Å². The van der Waals surface area contributed by atoms with Crippen molar-refractivity contribution >= 4 is 27.2 Å². The Bertz CT molecular complexity index is 988. The maximum atomic E-state index is 12.3. The molecule has 2 aromatic carbocycles. The van der Waals surface area contributed by atoms with E-state index in [2.05, 4.69) is 15.0 Å². The molecular weight excluding hydrogens is 350 g/mol. The van der Waals surface area contributed by atoms with Crippen LogP contribution in [0, 0.1) is 6.92 Å². The average molecular weight is 369 g/mol. The third-order valence-electron chi connectivity index (χ3n) is 3.69. The molecule has 3 rings (SSSR count). The van der Waals surface area contributed by atoms with E-state index < -0.39 is 10.0 Å². The van der Waals surface area contributed by atoms with Gasteiger partial charge in [-0.3, -0.25) is 4.72 Å². The molecule has 0 aliphatic carbocycles. The molecule has 0 spiro atoms. The molecule has 26 heavy (non-hydrogen) atoms. The molecule has 6 nitrogen and oxygen atoms in total. The van der Waals surface area contributed by atoms with Crippen LogP contribution in [-0.2, 0) is 10.0 Å². The lowest BCUT2D eigenvalue weighted by molar-refractivity contribution is 0.416. The van der Waals surface area contributed by atoms with Gasteiger partial charge in [0, 0.05) is 0 Å². The SMILES string of the molecule is COc1ccc(C)cc1Nc1ccc(NS(=O)(=O)c2ccccc2)cn1. The largest absolute Gasteiger partial charge is 0.495 e. The number of nitrogens with one attached hydrogen (secondary N) is 2. The molecule has 2 N–H and O–H groups in total. The van der Waals surface area contributed by atoms with Crippen molar-refractivity contribution in [1.82, 2.24) is 4.98 Å². The van der Waals surface area contributed by atoms with Crippen LogP contribution in [0.4, 0.5) is 17.2 Å². The van der Waals surface area contributed by atoms with Crippen LogP contribution in [0.25, 0.3) is 0 Å². The molecular formula is C19H19N3O3S. The molecule has 0 unspecified atom stereocenters. The monoisotopic (exact) mass is 369 g/mol. The highest BCUT2D eigenvalue weighted by atomic mass is 32.2. The molecule has 7 heteroatoms. The maximum Gasteiger partial charge on any atom is 0.261 e. The second-order valence-electron chi connectivity index (χ2n) is 5.68. The van der Waals surface area contributed by atoms with Gasteiger partial charge < -0.3 is 10.1 Å². The fourth-order valence-electron chi connectivity index (χ4n) is 2.40. The zero-order valence-corrected chi connectivity index (χ0v) is 15.2. The third-order valence-corrected chi connectivity index (χ3v) is 5.08. The molecule has 1 heterocycles. The zero-order valence-electron chi connectivity index (χ0n) is 14.4. The Morgan fingerprint density at radius 1 is 1.00 bits per heavy atom. The summed E-state index contributed by atoms with van der Waals surface area (Å²) < 4.78 is 32.5. The molecule has 1 aromatic heterocycles. The summed E-state index contributed by atoms with van der Waals surface area (Å²) in [6, 6.07) is 17.3. The highest BCUT2D eigenvalue weighted by Crippen LogP contribution is 2.28. The van der Waals surface area contributed by atoms with E-state index in [0.717, 1.165) is 11.3 Å². The molecule has 0 saturated carbocycles. The highest BCUT2D eigenvalue weighted by molar-refractivity contribution is 7.92. The van der Waals surface area contributed by atoms with Gasteiger partial charge in [-0.2, -0.15) is 0 Å². The van der Waals surface area contributed by atoms with Crippen LogP contribution in [0.3, 0.4) is 0 Å². The maximum absolute atomic E-state index is 12.3. The van der Waals surface area contributed by atoms with Crippen LogP contribution >= 0.6 is 0 Å². The Morgan fingerprint density at radius 3 is 2.42 bits per heavy atom. The Hall–Kier alpha value is -3.06. The minimum absolute atomic E-state index is 0.201. The molecule has 0 fully saturated rings. The van der Waals surface area contributed by atoms with Gasteiger partial charge in [0.15, 0.2) is 0 Å². The number of methoxy groups -OCH3 is 1. The van der Waals surface area contributed by atoms with Gasteiger partial charge in [0.1, 0.15) is 11.6 Å². The van der Waals surface area contributed by atoms with E-state index in [1.807, 2.05) is 25.1 Å². The van der Waals surface area contributed by atoms with Crippen LogP contribution < -0.4 is 14.8 Å². The molecule has 0 atom stereocenters. The van der Waals surface area contributed by atoms with E-state index in [9.17, 15) is 8.42 Å². The summed E-state index contributed by atoms with van der Waals surface area (Å²) in [6.07, 6.45) is 1.46. The van der Waals surface area contributed by atoms with E-state index in [-0.39, 0.29) is 4.90 Å². The summed E-state index contributed by atoms with van der Waals surface area (Å²) >= 11 is 0. The van der Waals surface area contributed by atoms with Gasteiger partial charge in [0.05, 0.1) is 29.6 Å². The van der Waals surface area contributed by atoms with Crippen molar-refractivity contribution in [2.45, 2.75) is 11.8 Å². The predicted octanol–water partition coefficient (Wildman–Crippen LogP) is 3.94. The van der Waals surface area contributed by atoms with Gasteiger partial charge in [-0.1, -0.05) is 24.3 Å². The number of aryl methyl sites for hydroxylation is 1. The van der Waals surface area contributed by atoms with E-state index >= 15 is 0 Å². The lowest BCUT2D eigenvalue weighted by Crippen LogP contribution is -2.13. The van der Waals surface area contributed by atoms with E-state index in [1.165, 1.54) is 18.3 Å². The first-order chi connectivity index (χ1) is 12.5. The van der Waals surface area contributed by atoms with E-state index in [4.69, 9.17) is 4.74 Å². The number of nitrogens with zero attached hydrogens (tertiary/aromatic N) is 1. The number of sulfonamides is 1. The fourth-order valence-corrected chi connectivity index (χ4v) is 3.46. The number of hydrogen-bond donors (Lipinski definition) is 2. The minimum Gasteiger partial charge on any atom is -0.495 e. The highest BCUT2D eigenvalue weighted by Gasteiger charge is 2.13. The van der Waals surface area contributed by atoms with E-state index in [0.29, 0.717) is 17.3 Å². The van der Waals surface area contributed by atoms with Crippen LogP contribution in [-0.4, -0.2) is 20.5 Å². The van der Waals surface area contributed by atoms with Crippen molar-refractivity contribution in [2.75, 3.05) is 17.1 Å². The molecule has 0 amide bonds. The second-order valence-corrected chi connectivity index (χ2v) is 7.36.